The minimum atomic E-state index is -0.257. The van der Waals surface area contributed by atoms with Gasteiger partial charge in [0.1, 0.15) is 11.5 Å². The van der Waals surface area contributed by atoms with Crippen molar-refractivity contribution in [2.45, 2.75) is 6.42 Å². The van der Waals surface area contributed by atoms with Crippen molar-refractivity contribution in [3.63, 3.8) is 0 Å². The van der Waals surface area contributed by atoms with Crippen LogP contribution in [-0.4, -0.2) is 17.4 Å². The predicted octanol–water partition coefficient (Wildman–Crippen LogP) is 3.35. The Bertz CT molecular complexity index is 794. The van der Waals surface area contributed by atoms with Gasteiger partial charge in [0.25, 0.3) is 5.91 Å². The van der Waals surface area contributed by atoms with E-state index in [0.717, 1.165) is 16.3 Å². The smallest absolute Gasteiger partial charge is 0.270 e. The molecule has 4 heteroatoms. The van der Waals surface area contributed by atoms with Gasteiger partial charge in [0.05, 0.1) is 0 Å². The highest BCUT2D eigenvalue weighted by Crippen LogP contribution is 2.16. The molecule has 0 aliphatic rings. The Morgan fingerprint density at radius 2 is 1.82 bits per heavy atom. The number of fused-ring (bicyclic) bond motifs is 1. The molecule has 0 aliphatic carbocycles. The number of hydrogen-bond acceptors (Lipinski definition) is 2. The number of aromatic nitrogens is 1. The molecule has 0 spiro atoms. The van der Waals surface area contributed by atoms with Crippen molar-refractivity contribution in [1.29, 1.82) is 0 Å². The number of hydrogen-bond donors (Lipinski definition) is 1. The fraction of sp³-hybridized carbons (Fsp3) is 0.111. The molecule has 3 aromatic rings. The van der Waals surface area contributed by atoms with E-state index in [1.165, 1.54) is 12.1 Å². The fourth-order valence-corrected chi connectivity index (χ4v) is 2.36. The molecular weight excluding hydrogens is 279 g/mol. The second kappa shape index (κ2) is 6.35. The summed E-state index contributed by atoms with van der Waals surface area (Å²) >= 11 is 0. The molecule has 3 nitrogen and oxygen atoms in total. The largest absolute Gasteiger partial charge is 0.350 e. The second-order valence-corrected chi connectivity index (χ2v) is 5.01. The molecule has 2 aromatic carbocycles. The van der Waals surface area contributed by atoms with Crippen LogP contribution in [0.2, 0.25) is 0 Å². The summed E-state index contributed by atoms with van der Waals surface area (Å²) in [7, 11) is 0. The predicted molar refractivity (Wildman–Crippen MR) is 84.2 cm³/mol. The number of nitrogens with zero attached hydrogens (tertiary/aromatic N) is 1. The van der Waals surface area contributed by atoms with Crippen LogP contribution in [0.25, 0.3) is 10.8 Å². The molecule has 110 valence electrons. The van der Waals surface area contributed by atoms with Crippen molar-refractivity contribution in [2.75, 3.05) is 6.54 Å². The number of nitrogens with one attached hydrogen (secondary N) is 1. The van der Waals surface area contributed by atoms with Gasteiger partial charge in [-0.25, -0.2) is 4.39 Å². The summed E-state index contributed by atoms with van der Waals surface area (Å²) in [6, 6.07) is 15.8. The molecule has 0 radical (unpaired) electrons. The highest BCUT2D eigenvalue weighted by atomic mass is 19.1. The first kappa shape index (κ1) is 14.2. The Morgan fingerprint density at radius 1 is 1.05 bits per heavy atom. The summed E-state index contributed by atoms with van der Waals surface area (Å²) in [6.45, 7) is 0.482. The van der Waals surface area contributed by atoms with Crippen LogP contribution in [0.4, 0.5) is 4.39 Å². The van der Waals surface area contributed by atoms with Gasteiger partial charge in [-0.15, -0.1) is 0 Å². The minimum Gasteiger partial charge on any atom is -0.350 e. The summed E-state index contributed by atoms with van der Waals surface area (Å²) in [5.41, 5.74) is 1.41. The van der Waals surface area contributed by atoms with Gasteiger partial charge in [-0.3, -0.25) is 9.78 Å². The molecule has 22 heavy (non-hydrogen) atoms. The van der Waals surface area contributed by atoms with Crippen LogP contribution in [0.3, 0.4) is 0 Å². The van der Waals surface area contributed by atoms with E-state index in [1.807, 2.05) is 30.3 Å². The zero-order valence-corrected chi connectivity index (χ0v) is 11.9. The van der Waals surface area contributed by atoms with Crippen LogP contribution in [0, 0.1) is 5.82 Å². The summed E-state index contributed by atoms with van der Waals surface area (Å²) < 4.78 is 12.8. The molecular formula is C18H15FN2O. The number of pyridine rings is 1. The number of rotatable bonds is 4. The van der Waals surface area contributed by atoms with Gasteiger partial charge in [-0.05, 0) is 35.6 Å². The van der Waals surface area contributed by atoms with Gasteiger partial charge >= 0.3 is 0 Å². The molecule has 1 heterocycles. The lowest BCUT2D eigenvalue weighted by molar-refractivity contribution is 0.0951. The molecule has 3 rings (SSSR count). The van der Waals surface area contributed by atoms with Crippen molar-refractivity contribution < 1.29 is 9.18 Å². The SMILES string of the molecule is O=C(NCCc1ccc(F)cc1)c1nccc2ccccc12. The molecule has 0 saturated heterocycles. The lowest BCUT2D eigenvalue weighted by Gasteiger charge is -2.07. The Morgan fingerprint density at radius 3 is 2.64 bits per heavy atom. The minimum absolute atomic E-state index is 0.195. The van der Waals surface area contributed by atoms with Crippen LogP contribution < -0.4 is 5.32 Å². The molecule has 0 bridgehead atoms. The maximum absolute atomic E-state index is 12.8. The first-order valence-corrected chi connectivity index (χ1v) is 7.10. The van der Waals surface area contributed by atoms with E-state index in [0.29, 0.717) is 18.7 Å². The van der Waals surface area contributed by atoms with Gasteiger partial charge in [0, 0.05) is 18.1 Å². The normalized spacial score (nSPS) is 10.6. The molecule has 1 amide bonds. The van der Waals surface area contributed by atoms with E-state index in [4.69, 9.17) is 0 Å². The van der Waals surface area contributed by atoms with Gasteiger partial charge in [-0.1, -0.05) is 36.4 Å². The molecule has 0 atom stereocenters. The first-order chi connectivity index (χ1) is 10.7. The maximum Gasteiger partial charge on any atom is 0.270 e. The summed E-state index contributed by atoms with van der Waals surface area (Å²) in [4.78, 5) is 16.5. The van der Waals surface area contributed by atoms with E-state index < -0.39 is 0 Å². The van der Waals surface area contributed by atoms with Crippen LogP contribution in [0.5, 0.6) is 0 Å². The van der Waals surface area contributed by atoms with Crippen molar-refractivity contribution >= 4 is 16.7 Å². The summed E-state index contributed by atoms with van der Waals surface area (Å²) in [5.74, 6) is -0.452. The van der Waals surface area contributed by atoms with Gasteiger partial charge in [0.15, 0.2) is 0 Å². The van der Waals surface area contributed by atoms with Crippen LogP contribution in [0.15, 0.2) is 60.8 Å². The van der Waals surface area contributed by atoms with Crippen molar-refractivity contribution in [2.24, 2.45) is 0 Å². The molecule has 0 aliphatic heterocycles. The Hall–Kier alpha value is -2.75. The molecule has 0 fully saturated rings. The van der Waals surface area contributed by atoms with E-state index in [2.05, 4.69) is 10.3 Å². The fourth-order valence-electron chi connectivity index (χ4n) is 2.36. The number of amides is 1. The van der Waals surface area contributed by atoms with Gasteiger partial charge < -0.3 is 5.32 Å². The van der Waals surface area contributed by atoms with E-state index >= 15 is 0 Å². The average Bonchev–Trinajstić information content (AvgIpc) is 2.56. The van der Waals surface area contributed by atoms with Crippen molar-refractivity contribution in [1.82, 2.24) is 10.3 Å². The highest BCUT2D eigenvalue weighted by Gasteiger charge is 2.10. The molecule has 1 aromatic heterocycles. The monoisotopic (exact) mass is 294 g/mol. The number of carbonyl (C=O) groups excluding carboxylic acids is 1. The summed E-state index contributed by atoms with van der Waals surface area (Å²) in [6.07, 6.45) is 2.29. The quantitative estimate of drug-likeness (QED) is 0.802. The topological polar surface area (TPSA) is 42.0 Å². The standard InChI is InChI=1S/C18H15FN2O/c19-15-7-5-13(6-8-15)9-11-21-18(22)17-16-4-2-1-3-14(16)10-12-20-17/h1-8,10,12H,9,11H2,(H,21,22). The van der Waals surface area contributed by atoms with Gasteiger partial charge in [-0.2, -0.15) is 0 Å². The lowest BCUT2D eigenvalue weighted by atomic mass is 10.1. The Labute approximate surface area is 127 Å². The molecule has 1 N–H and O–H groups in total. The third-order valence-corrected chi connectivity index (χ3v) is 3.50. The van der Waals surface area contributed by atoms with Crippen LogP contribution in [0.1, 0.15) is 16.1 Å². The zero-order chi connectivity index (χ0) is 15.4. The summed E-state index contributed by atoms with van der Waals surface area (Å²) in [5, 5.41) is 4.68. The van der Waals surface area contributed by atoms with E-state index in [1.54, 1.807) is 18.3 Å². The van der Waals surface area contributed by atoms with Crippen molar-refractivity contribution in [3.05, 3.63) is 77.9 Å². The molecule has 0 unspecified atom stereocenters. The molecule has 0 saturated carbocycles. The first-order valence-electron chi connectivity index (χ1n) is 7.10. The Balaban J connectivity index is 1.67. The number of halogens is 1. The lowest BCUT2D eigenvalue weighted by Crippen LogP contribution is -2.26. The number of benzene rings is 2. The highest BCUT2D eigenvalue weighted by molar-refractivity contribution is 6.05. The van der Waals surface area contributed by atoms with E-state index in [9.17, 15) is 9.18 Å². The Kier molecular flexibility index (Phi) is 4.10. The van der Waals surface area contributed by atoms with Crippen LogP contribution in [-0.2, 0) is 6.42 Å². The van der Waals surface area contributed by atoms with Crippen LogP contribution >= 0.6 is 0 Å². The second-order valence-electron chi connectivity index (χ2n) is 5.01. The zero-order valence-electron chi connectivity index (χ0n) is 11.9. The third kappa shape index (κ3) is 3.11. The average molecular weight is 294 g/mol. The third-order valence-electron chi connectivity index (χ3n) is 3.50. The van der Waals surface area contributed by atoms with E-state index in [-0.39, 0.29) is 11.7 Å². The maximum atomic E-state index is 12.8. The van der Waals surface area contributed by atoms with Crippen molar-refractivity contribution in [3.8, 4) is 0 Å². The number of carbonyl (C=O) groups is 1. The van der Waals surface area contributed by atoms with Gasteiger partial charge in [0.2, 0.25) is 0 Å².